The molecule has 164 valence electrons. The van der Waals surface area contributed by atoms with E-state index in [1.54, 1.807) is 31.4 Å². The van der Waals surface area contributed by atoms with Crippen LogP contribution in [0, 0.1) is 0 Å². The Bertz CT molecular complexity index is 1270. The molecule has 2 aliphatic rings. The first-order valence-corrected chi connectivity index (χ1v) is 11.3. The fraction of sp³-hybridized carbons (Fsp3) is 0.115. The van der Waals surface area contributed by atoms with Crippen molar-refractivity contribution >= 4 is 34.6 Å². The molecule has 0 radical (unpaired) electrons. The Kier molecular flexibility index (Phi) is 5.71. The van der Waals surface area contributed by atoms with E-state index in [-0.39, 0.29) is 17.0 Å². The first kappa shape index (κ1) is 21.0. The van der Waals surface area contributed by atoms with Crippen molar-refractivity contribution in [2.45, 2.75) is 12.5 Å². The first-order valence-electron chi connectivity index (χ1n) is 10.5. The molecule has 1 atom stereocenters. The van der Waals surface area contributed by atoms with Crippen LogP contribution in [0.1, 0.15) is 29.2 Å². The van der Waals surface area contributed by atoms with Gasteiger partial charge in [-0.25, -0.2) is 5.01 Å². The molecule has 2 heterocycles. The minimum Gasteiger partial charge on any atom is -0.508 e. The number of ether oxygens (including phenoxy) is 1. The molecule has 6 nitrogen and oxygen atoms in total. The van der Waals surface area contributed by atoms with Gasteiger partial charge in [-0.2, -0.15) is 10.1 Å². The van der Waals surface area contributed by atoms with E-state index in [1.807, 2.05) is 65.7 Å². The van der Waals surface area contributed by atoms with Crippen LogP contribution in [0.2, 0.25) is 0 Å². The third-order valence-electron chi connectivity index (χ3n) is 5.54. The highest BCUT2D eigenvalue weighted by Gasteiger charge is 2.36. The summed E-state index contributed by atoms with van der Waals surface area (Å²) in [6.07, 6.45) is 2.58. The lowest BCUT2D eigenvalue weighted by Crippen LogP contribution is -2.26. The average Bonchev–Trinajstić information content (AvgIpc) is 3.44. The Morgan fingerprint density at radius 2 is 1.76 bits per heavy atom. The number of amides is 1. The van der Waals surface area contributed by atoms with Gasteiger partial charge in [0, 0.05) is 6.42 Å². The lowest BCUT2D eigenvalue weighted by atomic mass is 9.98. The highest BCUT2D eigenvalue weighted by atomic mass is 32.2. The molecule has 7 heteroatoms. The number of phenolic OH excluding ortho intramolecular Hbond substituents is 1. The van der Waals surface area contributed by atoms with Gasteiger partial charge in [-0.1, -0.05) is 54.6 Å². The van der Waals surface area contributed by atoms with Crippen LogP contribution in [-0.2, 0) is 0 Å². The van der Waals surface area contributed by atoms with Crippen molar-refractivity contribution in [2.75, 3.05) is 7.11 Å². The number of phenols is 1. The van der Waals surface area contributed by atoms with Gasteiger partial charge in [0.05, 0.1) is 23.8 Å². The van der Waals surface area contributed by atoms with Gasteiger partial charge >= 0.3 is 5.24 Å². The Balaban J connectivity index is 1.55. The molecule has 0 aromatic heterocycles. The maximum atomic E-state index is 12.3. The fourth-order valence-electron chi connectivity index (χ4n) is 3.88. The van der Waals surface area contributed by atoms with Crippen LogP contribution in [-0.4, -0.2) is 34.0 Å². The molecular weight excluding hydrogens is 434 g/mol. The number of aromatic hydroxyl groups is 1. The molecule has 0 saturated carbocycles. The molecule has 1 unspecified atom stereocenters. The van der Waals surface area contributed by atoms with Gasteiger partial charge in [0.2, 0.25) is 0 Å². The Morgan fingerprint density at radius 3 is 2.45 bits per heavy atom. The molecule has 2 aliphatic heterocycles. The minimum atomic E-state index is -0.271. The van der Waals surface area contributed by atoms with E-state index in [2.05, 4.69) is 4.99 Å². The normalized spacial score (nSPS) is 19.1. The molecule has 1 N–H and O–H groups in total. The molecule has 3 aromatic carbocycles. The number of rotatable bonds is 4. The first-order chi connectivity index (χ1) is 16.1. The summed E-state index contributed by atoms with van der Waals surface area (Å²) in [4.78, 5) is 17.4. The highest BCUT2D eigenvalue weighted by molar-refractivity contribution is 8.18. The van der Waals surface area contributed by atoms with Crippen molar-refractivity contribution in [1.29, 1.82) is 0 Å². The second kappa shape index (κ2) is 8.96. The van der Waals surface area contributed by atoms with Gasteiger partial charge in [0.25, 0.3) is 0 Å². The van der Waals surface area contributed by atoms with Crippen LogP contribution in [0.25, 0.3) is 6.08 Å². The topological polar surface area (TPSA) is 74.5 Å². The van der Waals surface area contributed by atoms with Crippen molar-refractivity contribution in [2.24, 2.45) is 10.1 Å². The zero-order valence-electron chi connectivity index (χ0n) is 17.9. The molecule has 0 fully saturated rings. The van der Waals surface area contributed by atoms with E-state index in [0.717, 1.165) is 44.8 Å². The number of methoxy groups -OCH3 is 1. The summed E-state index contributed by atoms with van der Waals surface area (Å²) in [7, 11) is 1.64. The van der Waals surface area contributed by atoms with Gasteiger partial charge in [-0.15, -0.1) is 0 Å². The number of benzene rings is 3. The number of amidine groups is 1. The lowest BCUT2D eigenvalue weighted by Gasteiger charge is -2.24. The van der Waals surface area contributed by atoms with E-state index in [4.69, 9.17) is 9.84 Å². The molecule has 0 aliphatic carbocycles. The number of hydrogen-bond donors (Lipinski definition) is 1. The Hall–Kier alpha value is -3.84. The van der Waals surface area contributed by atoms with Gasteiger partial charge < -0.3 is 9.84 Å². The second-order valence-corrected chi connectivity index (χ2v) is 8.65. The van der Waals surface area contributed by atoms with Crippen molar-refractivity contribution in [1.82, 2.24) is 5.01 Å². The fourth-order valence-corrected chi connectivity index (χ4v) is 4.63. The van der Waals surface area contributed by atoms with Gasteiger partial charge in [-0.3, -0.25) is 4.79 Å². The summed E-state index contributed by atoms with van der Waals surface area (Å²) in [5.41, 5.74) is 3.90. The predicted octanol–water partition coefficient (Wildman–Crippen LogP) is 5.86. The van der Waals surface area contributed by atoms with Crippen LogP contribution >= 0.6 is 11.8 Å². The SMILES string of the molecule is COc1ccc(C2CC(c3ccccc3)=NN2C2=NC(=O)S/C2=C\c2ccc(O)cc2)cc1. The predicted molar refractivity (Wildman–Crippen MR) is 132 cm³/mol. The maximum absolute atomic E-state index is 12.3. The smallest absolute Gasteiger partial charge is 0.311 e. The van der Waals surface area contributed by atoms with E-state index < -0.39 is 0 Å². The van der Waals surface area contributed by atoms with Crippen LogP contribution in [0.5, 0.6) is 11.5 Å². The second-order valence-electron chi connectivity index (χ2n) is 7.65. The number of aliphatic imine (C=N–C) groups is 1. The Labute approximate surface area is 195 Å². The van der Waals surface area contributed by atoms with Crippen LogP contribution in [0.3, 0.4) is 0 Å². The highest BCUT2D eigenvalue weighted by Crippen LogP contribution is 2.39. The van der Waals surface area contributed by atoms with Gasteiger partial charge in [0.15, 0.2) is 5.84 Å². The number of hydrazone groups is 1. The zero-order valence-corrected chi connectivity index (χ0v) is 18.7. The molecule has 0 bridgehead atoms. The molecule has 5 rings (SSSR count). The van der Waals surface area contributed by atoms with Crippen molar-refractivity contribution in [3.63, 3.8) is 0 Å². The third-order valence-corrected chi connectivity index (χ3v) is 6.33. The van der Waals surface area contributed by atoms with Crippen molar-refractivity contribution < 1.29 is 14.6 Å². The number of nitrogens with zero attached hydrogens (tertiary/aromatic N) is 3. The molecule has 0 spiro atoms. The van der Waals surface area contributed by atoms with Crippen LogP contribution in [0.15, 0.2) is 93.9 Å². The zero-order chi connectivity index (χ0) is 22.8. The quantitative estimate of drug-likeness (QED) is 0.533. The van der Waals surface area contributed by atoms with E-state index in [0.29, 0.717) is 12.3 Å². The largest absolute Gasteiger partial charge is 0.508 e. The summed E-state index contributed by atoms with van der Waals surface area (Å²) < 4.78 is 5.31. The third kappa shape index (κ3) is 4.40. The monoisotopic (exact) mass is 455 g/mol. The number of carbonyl (C=O) groups is 1. The minimum absolute atomic E-state index is 0.111. The van der Waals surface area contributed by atoms with E-state index >= 15 is 0 Å². The van der Waals surface area contributed by atoms with Crippen LogP contribution < -0.4 is 4.74 Å². The van der Waals surface area contributed by atoms with Gasteiger partial charge in [0.1, 0.15) is 11.5 Å². The molecule has 0 saturated heterocycles. The molecule has 33 heavy (non-hydrogen) atoms. The van der Waals surface area contributed by atoms with Crippen LogP contribution in [0.4, 0.5) is 4.79 Å². The van der Waals surface area contributed by atoms with Gasteiger partial charge in [-0.05, 0) is 58.8 Å². The van der Waals surface area contributed by atoms with E-state index in [9.17, 15) is 9.90 Å². The number of carbonyl (C=O) groups excluding carboxylic acids is 1. The maximum Gasteiger partial charge on any atom is 0.311 e. The summed E-state index contributed by atoms with van der Waals surface area (Å²) >= 11 is 1.08. The number of hydrogen-bond acceptors (Lipinski definition) is 6. The summed E-state index contributed by atoms with van der Waals surface area (Å²) in [6, 6.07) is 24.7. The molecule has 1 amide bonds. The molecular formula is C26H21N3O3S. The standard InChI is InChI=1S/C26H21N3O3S/c1-32-21-13-9-19(10-14-21)23-16-22(18-5-3-2-4-6-18)28-29(23)25-24(33-26(31)27-25)15-17-7-11-20(30)12-8-17/h2-15,23,30H,16H2,1H3/b24-15-. The van der Waals surface area contributed by atoms with E-state index in [1.165, 1.54) is 0 Å². The Morgan fingerprint density at radius 1 is 1.03 bits per heavy atom. The molecule has 3 aromatic rings. The summed E-state index contributed by atoms with van der Waals surface area (Å²) in [6.45, 7) is 0. The average molecular weight is 456 g/mol. The number of thioether (sulfide) groups is 1. The van der Waals surface area contributed by atoms with Crippen molar-refractivity contribution in [3.05, 3.63) is 100 Å². The summed E-state index contributed by atoms with van der Waals surface area (Å²) in [5, 5.41) is 16.1. The lowest BCUT2D eigenvalue weighted by molar-refractivity contribution is 0.267. The van der Waals surface area contributed by atoms with Crippen molar-refractivity contribution in [3.8, 4) is 11.5 Å². The summed E-state index contributed by atoms with van der Waals surface area (Å²) in [5.74, 6) is 1.51.